The van der Waals surface area contributed by atoms with Crippen LogP contribution in [0.15, 0.2) is 10.7 Å². The fraction of sp³-hybridized carbons (Fsp3) is 0.438. The van der Waals surface area contributed by atoms with Crippen LogP contribution in [0, 0.1) is 19.3 Å². The molecule has 1 aliphatic heterocycles. The minimum absolute atomic E-state index is 0.221. The summed E-state index contributed by atoms with van der Waals surface area (Å²) < 4.78 is 0. The molecule has 4 heteroatoms. The molecule has 0 aromatic carbocycles. The van der Waals surface area contributed by atoms with E-state index in [1.165, 1.54) is 0 Å². The van der Waals surface area contributed by atoms with Crippen molar-refractivity contribution >= 4 is 23.9 Å². The fourth-order valence-electron chi connectivity index (χ4n) is 2.60. The third kappa shape index (κ3) is 2.15. The first-order valence-corrected chi connectivity index (χ1v) is 6.70. The number of nitrogens with zero attached hydrogens (tertiary/aromatic N) is 1. The summed E-state index contributed by atoms with van der Waals surface area (Å²) in [6.45, 7) is 9.93. The molecular formula is C16H20N2O2. The van der Waals surface area contributed by atoms with Crippen molar-refractivity contribution in [2.45, 2.75) is 41.0 Å². The molecule has 0 aliphatic carbocycles. The number of hydrogen-bond donors (Lipinski definition) is 1. The van der Waals surface area contributed by atoms with Crippen molar-refractivity contribution in [3.8, 4) is 0 Å². The topological polar surface area (TPSA) is 62.3 Å². The number of allylic oxidation sites excluding steroid dienone is 2. The van der Waals surface area contributed by atoms with Gasteiger partial charge in [0.1, 0.15) is 0 Å². The second kappa shape index (κ2) is 4.85. The van der Waals surface area contributed by atoms with Gasteiger partial charge in [-0.25, -0.2) is 0 Å². The Balaban J connectivity index is 2.55. The molecule has 0 spiro atoms. The van der Waals surface area contributed by atoms with Crippen LogP contribution in [0.1, 0.15) is 54.5 Å². The molecule has 2 heterocycles. The highest BCUT2D eigenvalue weighted by Gasteiger charge is 2.33. The highest BCUT2D eigenvalue weighted by Crippen LogP contribution is 2.38. The van der Waals surface area contributed by atoms with Gasteiger partial charge in [0, 0.05) is 23.2 Å². The van der Waals surface area contributed by atoms with Crippen molar-refractivity contribution in [2.24, 2.45) is 10.4 Å². The number of H-pyrrole nitrogens is 1. The van der Waals surface area contributed by atoms with Crippen molar-refractivity contribution in [2.75, 3.05) is 0 Å². The summed E-state index contributed by atoms with van der Waals surface area (Å²) in [7, 11) is 0. The van der Waals surface area contributed by atoms with Crippen LogP contribution in [-0.2, 0) is 4.79 Å². The first-order valence-electron chi connectivity index (χ1n) is 6.70. The Morgan fingerprint density at radius 1 is 1.20 bits per heavy atom. The van der Waals surface area contributed by atoms with Crippen LogP contribution in [0.3, 0.4) is 0 Å². The molecule has 1 aliphatic rings. The number of carbonyl (C=O) groups excluding carboxylic acids is 2. The Labute approximate surface area is 119 Å². The minimum Gasteiger partial charge on any atom is -0.352 e. The Morgan fingerprint density at radius 2 is 1.85 bits per heavy atom. The van der Waals surface area contributed by atoms with E-state index in [9.17, 15) is 9.59 Å². The second-order valence-electron chi connectivity index (χ2n) is 6.03. The van der Waals surface area contributed by atoms with E-state index >= 15 is 0 Å². The van der Waals surface area contributed by atoms with Crippen molar-refractivity contribution in [3.63, 3.8) is 0 Å². The minimum atomic E-state index is -0.221. The third-order valence-electron chi connectivity index (χ3n) is 4.20. The average Bonchev–Trinajstić information content (AvgIpc) is 2.87. The highest BCUT2D eigenvalue weighted by atomic mass is 16.1. The van der Waals surface area contributed by atoms with Gasteiger partial charge in [-0.15, -0.1) is 0 Å². The standard InChI is InChI=1S/C16H20N2O2/c1-9-10(2)15(18-13(9)7-19)11(3)12-6-16(4,5)14(8-20)17-12/h7-8,18H,6H2,1-5H3/b12-11-. The number of nitrogens with one attached hydrogen (secondary N) is 1. The van der Waals surface area contributed by atoms with E-state index in [1.807, 2.05) is 34.6 Å². The lowest BCUT2D eigenvalue weighted by atomic mass is 9.85. The number of hydrogen-bond acceptors (Lipinski definition) is 3. The van der Waals surface area contributed by atoms with E-state index < -0.39 is 0 Å². The number of rotatable bonds is 3. The highest BCUT2D eigenvalue weighted by molar-refractivity contribution is 6.31. The maximum absolute atomic E-state index is 11.1. The van der Waals surface area contributed by atoms with Gasteiger partial charge in [0.25, 0.3) is 0 Å². The van der Waals surface area contributed by atoms with Crippen LogP contribution in [-0.4, -0.2) is 23.3 Å². The summed E-state index contributed by atoms with van der Waals surface area (Å²) >= 11 is 0. The monoisotopic (exact) mass is 272 g/mol. The number of aliphatic imine (C=N–C) groups is 1. The van der Waals surface area contributed by atoms with Crippen LogP contribution >= 0.6 is 0 Å². The molecule has 4 nitrogen and oxygen atoms in total. The van der Waals surface area contributed by atoms with Gasteiger partial charge in [-0.2, -0.15) is 0 Å². The number of carbonyl (C=O) groups is 2. The number of aldehydes is 2. The predicted octanol–water partition coefficient (Wildman–Crippen LogP) is 3.24. The zero-order chi connectivity index (χ0) is 15.1. The van der Waals surface area contributed by atoms with Gasteiger partial charge in [-0.3, -0.25) is 14.6 Å². The molecule has 106 valence electrons. The maximum atomic E-state index is 11.1. The van der Waals surface area contributed by atoms with Gasteiger partial charge in [0.05, 0.1) is 11.4 Å². The summed E-state index contributed by atoms with van der Waals surface area (Å²) in [6.07, 6.45) is 2.41. The molecule has 0 saturated heterocycles. The Kier molecular flexibility index (Phi) is 3.50. The molecule has 20 heavy (non-hydrogen) atoms. The van der Waals surface area contributed by atoms with E-state index in [-0.39, 0.29) is 5.41 Å². The van der Waals surface area contributed by atoms with Gasteiger partial charge >= 0.3 is 0 Å². The normalized spacial score (nSPS) is 19.8. The average molecular weight is 272 g/mol. The molecule has 0 saturated carbocycles. The van der Waals surface area contributed by atoms with Gasteiger partial charge in [-0.1, -0.05) is 13.8 Å². The summed E-state index contributed by atoms with van der Waals surface area (Å²) in [5.41, 5.74) is 5.85. The molecule has 0 radical (unpaired) electrons. The van der Waals surface area contributed by atoms with Crippen molar-refractivity contribution in [3.05, 3.63) is 28.2 Å². The fourth-order valence-corrected chi connectivity index (χ4v) is 2.60. The van der Waals surface area contributed by atoms with E-state index in [1.54, 1.807) is 0 Å². The molecule has 1 aromatic rings. The quantitative estimate of drug-likeness (QED) is 0.858. The maximum Gasteiger partial charge on any atom is 0.166 e. The molecule has 0 amide bonds. The van der Waals surface area contributed by atoms with Crippen molar-refractivity contribution in [1.29, 1.82) is 0 Å². The zero-order valence-electron chi connectivity index (χ0n) is 12.6. The van der Waals surface area contributed by atoms with Crippen LogP contribution in [0.25, 0.3) is 5.57 Å². The largest absolute Gasteiger partial charge is 0.352 e. The number of aromatic amines is 1. The SMILES string of the molecule is C/C(=C1\CC(C)(C)C(C=O)=N1)c1[nH]c(C=O)c(C)c1C. The lowest BCUT2D eigenvalue weighted by Gasteiger charge is -2.15. The molecule has 1 N–H and O–H groups in total. The lowest BCUT2D eigenvalue weighted by Crippen LogP contribution is -2.20. The molecule has 0 atom stereocenters. The first-order chi connectivity index (χ1) is 9.31. The zero-order valence-corrected chi connectivity index (χ0v) is 12.6. The molecule has 1 aromatic heterocycles. The number of aromatic nitrogens is 1. The Bertz CT molecular complexity index is 646. The second-order valence-corrected chi connectivity index (χ2v) is 6.03. The third-order valence-corrected chi connectivity index (χ3v) is 4.20. The van der Waals surface area contributed by atoms with Gasteiger partial charge < -0.3 is 4.98 Å². The predicted molar refractivity (Wildman–Crippen MR) is 80.1 cm³/mol. The van der Waals surface area contributed by atoms with E-state index in [4.69, 9.17) is 0 Å². The molecule has 0 unspecified atom stereocenters. The summed E-state index contributed by atoms with van der Waals surface area (Å²) in [4.78, 5) is 29.7. The van der Waals surface area contributed by atoms with Crippen molar-refractivity contribution < 1.29 is 9.59 Å². The van der Waals surface area contributed by atoms with Gasteiger partial charge in [-0.05, 0) is 37.5 Å². The van der Waals surface area contributed by atoms with Crippen LogP contribution in [0.5, 0.6) is 0 Å². The smallest absolute Gasteiger partial charge is 0.166 e. The van der Waals surface area contributed by atoms with Gasteiger partial charge in [0.2, 0.25) is 0 Å². The summed E-state index contributed by atoms with van der Waals surface area (Å²) in [5.74, 6) is 0. The Hall–Kier alpha value is -1.97. The molecule has 0 bridgehead atoms. The lowest BCUT2D eigenvalue weighted by molar-refractivity contribution is -0.103. The van der Waals surface area contributed by atoms with Crippen LogP contribution in [0.2, 0.25) is 0 Å². The molecule has 2 rings (SSSR count). The molecule has 0 fully saturated rings. The van der Waals surface area contributed by atoms with E-state index in [0.717, 1.165) is 47.1 Å². The van der Waals surface area contributed by atoms with E-state index in [0.29, 0.717) is 11.4 Å². The molecular weight excluding hydrogens is 252 g/mol. The summed E-state index contributed by atoms with van der Waals surface area (Å²) in [6, 6.07) is 0. The van der Waals surface area contributed by atoms with Crippen LogP contribution < -0.4 is 0 Å². The van der Waals surface area contributed by atoms with Crippen LogP contribution in [0.4, 0.5) is 0 Å². The summed E-state index contributed by atoms with van der Waals surface area (Å²) in [5, 5.41) is 0. The van der Waals surface area contributed by atoms with E-state index in [2.05, 4.69) is 9.98 Å². The first kappa shape index (κ1) is 14.4. The van der Waals surface area contributed by atoms with Gasteiger partial charge in [0.15, 0.2) is 12.6 Å². The van der Waals surface area contributed by atoms with Crippen molar-refractivity contribution in [1.82, 2.24) is 4.98 Å². The Morgan fingerprint density at radius 3 is 2.30 bits per heavy atom.